The van der Waals surface area contributed by atoms with Gasteiger partial charge in [-0.05, 0) is 29.7 Å². The zero-order valence-electron chi connectivity index (χ0n) is 7.53. The Hall–Kier alpha value is -1.06. The second kappa shape index (κ2) is 3.01. The first-order valence-electron chi connectivity index (χ1n) is 4.33. The number of nitrogens with two attached hydrogens (primary N) is 1. The molecule has 0 fully saturated rings. The van der Waals surface area contributed by atoms with E-state index in [2.05, 4.69) is 0 Å². The fourth-order valence-electron chi connectivity index (χ4n) is 1.76. The highest BCUT2D eigenvalue weighted by molar-refractivity contribution is 5.41. The fraction of sp³-hybridized carbons (Fsp3) is 0.400. The molecule has 2 atom stereocenters. The Kier molecular flexibility index (Phi) is 1.98. The van der Waals surface area contributed by atoms with Gasteiger partial charge in [0.05, 0.1) is 13.2 Å². The maximum atomic E-state index is 9.69. The maximum Gasteiger partial charge on any atom is 0.119 e. The van der Waals surface area contributed by atoms with Crippen molar-refractivity contribution in [2.45, 2.75) is 18.6 Å². The second-order valence-corrected chi connectivity index (χ2v) is 3.38. The molecule has 3 nitrogen and oxygen atoms in total. The topological polar surface area (TPSA) is 55.5 Å². The summed E-state index contributed by atoms with van der Waals surface area (Å²) in [5.74, 6) is 0.770. The average molecular weight is 179 g/mol. The molecule has 0 unspecified atom stereocenters. The zero-order chi connectivity index (χ0) is 9.42. The maximum absolute atomic E-state index is 9.69. The largest absolute Gasteiger partial charge is 0.497 e. The van der Waals surface area contributed by atoms with Gasteiger partial charge in [-0.2, -0.15) is 0 Å². The molecule has 3 N–H and O–H groups in total. The van der Waals surface area contributed by atoms with Gasteiger partial charge >= 0.3 is 0 Å². The first-order valence-corrected chi connectivity index (χ1v) is 4.33. The molecule has 0 amide bonds. The number of aliphatic hydroxyl groups is 1. The van der Waals surface area contributed by atoms with E-state index in [9.17, 15) is 5.11 Å². The minimum absolute atomic E-state index is 0.165. The van der Waals surface area contributed by atoms with Crippen LogP contribution in [0.5, 0.6) is 5.75 Å². The van der Waals surface area contributed by atoms with E-state index in [1.54, 1.807) is 7.11 Å². The lowest BCUT2D eigenvalue weighted by Crippen LogP contribution is -2.24. The highest BCUT2D eigenvalue weighted by Crippen LogP contribution is 2.32. The van der Waals surface area contributed by atoms with E-state index in [-0.39, 0.29) is 6.04 Å². The molecule has 1 aromatic carbocycles. The highest BCUT2D eigenvalue weighted by atomic mass is 16.5. The monoisotopic (exact) mass is 179 g/mol. The molecule has 3 heteroatoms. The summed E-state index contributed by atoms with van der Waals surface area (Å²) in [7, 11) is 1.61. The van der Waals surface area contributed by atoms with Gasteiger partial charge in [-0.3, -0.25) is 0 Å². The lowest BCUT2D eigenvalue weighted by atomic mass is 10.1. The molecule has 0 aliphatic heterocycles. The van der Waals surface area contributed by atoms with Gasteiger partial charge in [-0.1, -0.05) is 6.07 Å². The molecule has 0 bridgehead atoms. The van der Waals surface area contributed by atoms with E-state index in [1.807, 2.05) is 18.2 Å². The minimum atomic E-state index is -0.537. The van der Waals surface area contributed by atoms with Crippen LogP contribution in [-0.2, 0) is 6.42 Å². The third kappa shape index (κ3) is 1.30. The van der Waals surface area contributed by atoms with Gasteiger partial charge in [0.15, 0.2) is 0 Å². The molecule has 0 saturated heterocycles. The summed E-state index contributed by atoms with van der Waals surface area (Å²) in [4.78, 5) is 0. The number of hydrogen-bond acceptors (Lipinski definition) is 3. The van der Waals surface area contributed by atoms with E-state index in [0.29, 0.717) is 0 Å². The summed E-state index contributed by atoms with van der Waals surface area (Å²) in [6.07, 6.45) is 0.214. The number of aliphatic hydroxyl groups excluding tert-OH is 1. The van der Waals surface area contributed by atoms with Crippen molar-refractivity contribution in [1.82, 2.24) is 0 Å². The van der Waals surface area contributed by atoms with Crippen LogP contribution in [0, 0.1) is 0 Å². The molecule has 1 aliphatic rings. The van der Waals surface area contributed by atoms with Gasteiger partial charge in [0, 0.05) is 6.04 Å². The standard InChI is InChI=1S/C10H13NO2/c1-13-7-3-2-6-4-9(11)10(12)8(6)5-7/h2-3,5,9-10,12H,4,11H2,1H3/t9-,10+/m1/s1. The molecule has 1 aromatic rings. The number of fused-ring (bicyclic) bond motifs is 1. The van der Waals surface area contributed by atoms with Gasteiger partial charge < -0.3 is 15.6 Å². The predicted octanol–water partition coefficient (Wildman–Crippen LogP) is 0.612. The summed E-state index contributed by atoms with van der Waals surface area (Å²) in [5, 5.41) is 9.69. The summed E-state index contributed by atoms with van der Waals surface area (Å²) in [6, 6.07) is 5.54. The van der Waals surface area contributed by atoms with Crippen molar-refractivity contribution in [3.05, 3.63) is 29.3 Å². The quantitative estimate of drug-likeness (QED) is 0.664. The molecule has 0 radical (unpaired) electrons. The molecule has 0 heterocycles. The van der Waals surface area contributed by atoms with Crippen LogP contribution >= 0.6 is 0 Å². The van der Waals surface area contributed by atoms with Crippen molar-refractivity contribution in [2.24, 2.45) is 5.73 Å². The van der Waals surface area contributed by atoms with Crippen molar-refractivity contribution in [1.29, 1.82) is 0 Å². The summed E-state index contributed by atoms with van der Waals surface area (Å²) >= 11 is 0. The first-order chi connectivity index (χ1) is 6.22. The van der Waals surface area contributed by atoms with Crippen LogP contribution in [0.3, 0.4) is 0 Å². The molecule has 0 aromatic heterocycles. The second-order valence-electron chi connectivity index (χ2n) is 3.38. The van der Waals surface area contributed by atoms with Crippen molar-refractivity contribution in [3.63, 3.8) is 0 Å². The van der Waals surface area contributed by atoms with Gasteiger partial charge in [-0.15, -0.1) is 0 Å². The predicted molar refractivity (Wildman–Crippen MR) is 49.6 cm³/mol. The van der Waals surface area contributed by atoms with E-state index < -0.39 is 6.10 Å². The first kappa shape index (κ1) is 8.53. The molecule has 70 valence electrons. The third-order valence-electron chi connectivity index (χ3n) is 2.53. The van der Waals surface area contributed by atoms with Crippen LogP contribution in [0.15, 0.2) is 18.2 Å². The molecular formula is C10H13NO2. The fourth-order valence-corrected chi connectivity index (χ4v) is 1.76. The van der Waals surface area contributed by atoms with Crippen LogP contribution in [-0.4, -0.2) is 18.3 Å². The molecule has 0 saturated carbocycles. The van der Waals surface area contributed by atoms with E-state index in [1.165, 1.54) is 0 Å². The number of benzene rings is 1. The smallest absolute Gasteiger partial charge is 0.119 e. The van der Waals surface area contributed by atoms with Crippen molar-refractivity contribution in [3.8, 4) is 5.75 Å². The van der Waals surface area contributed by atoms with Crippen molar-refractivity contribution in [2.75, 3.05) is 7.11 Å². The number of methoxy groups -OCH3 is 1. The van der Waals surface area contributed by atoms with Gasteiger partial charge in [0.2, 0.25) is 0 Å². The zero-order valence-corrected chi connectivity index (χ0v) is 7.53. The van der Waals surface area contributed by atoms with Crippen LogP contribution in [0.25, 0.3) is 0 Å². The van der Waals surface area contributed by atoms with E-state index >= 15 is 0 Å². The lowest BCUT2D eigenvalue weighted by molar-refractivity contribution is 0.159. The Labute approximate surface area is 77.1 Å². The number of hydrogen-bond donors (Lipinski definition) is 2. The number of ether oxygens (including phenoxy) is 1. The van der Waals surface area contributed by atoms with Crippen LogP contribution in [0.4, 0.5) is 0 Å². The molecule has 13 heavy (non-hydrogen) atoms. The Morgan fingerprint density at radius 2 is 2.31 bits per heavy atom. The summed E-state index contributed by atoms with van der Waals surface area (Å²) in [5.41, 5.74) is 7.76. The molecule has 1 aliphatic carbocycles. The Morgan fingerprint density at radius 1 is 1.54 bits per heavy atom. The van der Waals surface area contributed by atoms with Crippen LogP contribution < -0.4 is 10.5 Å². The molecule has 0 spiro atoms. The summed E-state index contributed by atoms with van der Waals surface area (Å²) < 4.78 is 5.07. The highest BCUT2D eigenvalue weighted by Gasteiger charge is 2.28. The minimum Gasteiger partial charge on any atom is -0.497 e. The van der Waals surface area contributed by atoms with Crippen molar-refractivity contribution < 1.29 is 9.84 Å². The van der Waals surface area contributed by atoms with Crippen molar-refractivity contribution >= 4 is 0 Å². The lowest BCUT2D eigenvalue weighted by Gasteiger charge is -2.09. The van der Waals surface area contributed by atoms with Gasteiger partial charge in [0.1, 0.15) is 5.75 Å². The van der Waals surface area contributed by atoms with Crippen LogP contribution in [0.2, 0.25) is 0 Å². The Morgan fingerprint density at radius 3 is 3.00 bits per heavy atom. The Balaban J connectivity index is 2.42. The number of rotatable bonds is 1. The van der Waals surface area contributed by atoms with Crippen LogP contribution in [0.1, 0.15) is 17.2 Å². The van der Waals surface area contributed by atoms with Gasteiger partial charge in [-0.25, -0.2) is 0 Å². The average Bonchev–Trinajstić information content (AvgIpc) is 2.43. The van der Waals surface area contributed by atoms with E-state index in [0.717, 1.165) is 23.3 Å². The summed E-state index contributed by atoms with van der Waals surface area (Å²) in [6.45, 7) is 0. The normalized spacial score (nSPS) is 25.8. The Bertz CT molecular complexity index is 325. The van der Waals surface area contributed by atoms with Gasteiger partial charge in [0.25, 0.3) is 0 Å². The SMILES string of the molecule is COc1ccc2c(c1)[C@H](O)[C@H](N)C2. The third-order valence-corrected chi connectivity index (χ3v) is 2.53. The van der Waals surface area contributed by atoms with E-state index in [4.69, 9.17) is 10.5 Å². The molecular weight excluding hydrogens is 166 g/mol. The molecule has 2 rings (SSSR count).